The van der Waals surface area contributed by atoms with Crippen LogP contribution in [0.1, 0.15) is 21.6 Å². The van der Waals surface area contributed by atoms with Crippen LogP contribution in [0.3, 0.4) is 0 Å². The van der Waals surface area contributed by atoms with E-state index in [0.717, 1.165) is 11.3 Å². The van der Waals surface area contributed by atoms with E-state index in [1.807, 2.05) is 37.3 Å². The number of hydrogen-bond acceptors (Lipinski definition) is 4. The molecule has 0 unspecified atom stereocenters. The smallest absolute Gasteiger partial charge is 0.254 e. The summed E-state index contributed by atoms with van der Waals surface area (Å²) in [5.74, 6) is 0.432. The number of para-hydroxylation sites is 1. The summed E-state index contributed by atoms with van der Waals surface area (Å²) in [7, 11) is 1.58. The first-order valence-electron chi connectivity index (χ1n) is 11.1. The minimum absolute atomic E-state index is 0.223. The highest BCUT2D eigenvalue weighted by molar-refractivity contribution is 6.30. The van der Waals surface area contributed by atoms with Crippen molar-refractivity contribution in [3.63, 3.8) is 0 Å². The molecule has 0 aliphatic rings. The van der Waals surface area contributed by atoms with Crippen molar-refractivity contribution in [1.82, 2.24) is 14.7 Å². The van der Waals surface area contributed by atoms with E-state index in [4.69, 9.17) is 26.2 Å². The van der Waals surface area contributed by atoms with Gasteiger partial charge in [-0.3, -0.25) is 4.79 Å². The molecule has 6 nitrogen and oxygen atoms in total. The number of hydrogen-bond donors (Lipinski definition) is 0. The third-order valence-corrected chi connectivity index (χ3v) is 5.71. The number of methoxy groups -OCH3 is 1. The van der Waals surface area contributed by atoms with Crippen LogP contribution >= 0.6 is 11.6 Å². The third kappa shape index (κ3) is 5.88. The Morgan fingerprint density at radius 2 is 1.71 bits per heavy atom. The number of aryl methyl sites for hydroxylation is 1. The number of nitrogens with zero attached hydrogens (tertiary/aromatic N) is 3. The normalized spacial score (nSPS) is 10.9. The molecule has 8 heteroatoms. The SMILES string of the molecule is COCCN(Cc1c(C)nn(-c2ccccc2)c1Oc1ccc(Cl)cc1)C(=O)c1ccc(F)cc1. The maximum atomic E-state index is 13.4. The van der Waals surface area contributed by atoms with E-state index >= 15 is 0 Å². The molecule has 0 atom stereocenters. The van der Waals surface area contributed by atoms with E-state index in [1.165, 1.54) is 24.3 Å². The van der Waals surface area contributed by atoms with Crippen LogP contribution in [0.15, 0.2) is 78.9 Å². The van der Waals surface area contributed by atoms with Gasteiger partial charge in [0.2, 0.25) is 5.88 Å². The van der Waals surface area contributed by atoms with Crippen molar-refractivity contribution in [3.8, 4) is 17.3 Å². The highest BCUT2D eigenvalue weighted by Gasteiger charge is 2.24. The van der Waals surface area contributed by atoms with Crippen molar-refractivity contribution in [2.75, 3.05) is 20.3 Å². The predicted molar refractivity (Wildman–Crippen MR) is 133 cm³/mol. The van der Waals surface area contributed by atoms with Gasteiger partial charge in [0.25, 0.3) is 5.91 Å². The minimum Gasteiger partial charge on any atom is -0.439 e. The summed E-state index contributed by atoms with van der Waals surface area (Å²) < 4.78 is 26.7. The Balaban J connectivity index is 1.74. The van der Waals surface area contributed by atoms with Gasteiger partial charge in [0.05, 0.1) is 30.1 Å². The first-order valence-corrected chi connectivity index (χ1v) is 11.4. The minimum atomic E-state index is -0.399. The summed E-state index contributed by atoms with van der Waals surface area (Å²) in [4.78, 5) is 15.0. The molecule has 0 saturated heterocycles. The van der Waals surface area contributed by atoms with Gasteiger partial charge in [-0.05, 0) is 67.6 Å². The quantitative estimate of drug-likeness (QED) is 0.284. The molecule has 4 rings (SSSR count). The Kier molecular flexibility index (Phi) is 7.80. The number of amides is 1. The lowest BCUT2D eigenvalue weighted by atomic mass is 10.1. The molecule has 0 spiro atoms. The van der Waals surface area contributed by atoms with E-state index in [0.29, 0.717) is 41.1 Å². The summed E-state index contributed by atoms with van der Waals surface area (Å²) in [6.07, 6.45) is 0. The monoisotopic (exact) mass is 493 g/mol. The number of ether oxygens (including phenoxy) is 2. The van der Waals surface area contributed by atoms with Gasteiger partial charge in [-0.2, -0.15) is 5.10 Å². The van der Waals surface area contributed by atoms with Crippen LogP contribution in [-0.4, -0.2) is 40.8 Å². The fourth-order valence-corrected chi connectivity index (χ4v) is 3.73. The molecular formula is C27H25ClFN3O3. The van der Waals surface area contributed by atoms with Crippen molar-refractivity contribution < 1.29 is 18.7 Å². The topological polar surface area (TPSA) is 56.6 Å². The molecule has 4 aromatic rings. The molecule has 1 aromatic heterocycles. The second kappa shape index (κ2) is 11.2. The predicted octanol–water partition coefficient (Wildman–Crippen LogP) is 6.05. The average Bonchev–Trinajstić information content (AvgIpc) is 3.18. The first-order chi connectivity index (χ1) is 17.0. The van der Waals surface area contributed by atoms with E-state index in [2.05, 4.69) is 0 Å². The van der Waals surface area contributed by atoms with Gasteiger partial charge < -0.3 is 14.4 Å². The average molecular weight is 494 g/mol. The van der Waals surface area contributed by atoms with Gasteiger partial charge in [-0.25, -0.2) is 9.07 Å². The maximum Gasteiger partial charge on any atom is 0.254 e. The zero-order valence-corrected chi connectivity index (χ0v) is 20.2. The Hall–Kier alpha value is -3.68. The summed E-state index contributed by atoms with van der Waals surface area (Å²) in [5, 5.41) is 5.32. The molecule has 35 heavy (non-hydrogen) atoms. The standard InChI is InChI=1S/C27H25ClFN3O3/c1-19-25(18-31(16-17-34-2)26(33)20-8-12-22(29)13-9-20)27(35-24-14-10-21(28)11-15-24)32(30-19)23-6-4-3-5-7-23/h3-15H,16-18H2,1-2H3. The molecule has 180 valence electrons. The molecular weight excluding hydrogens is 469 g/mol. The molecule has 0 aliphatic heterocycles. The van der Waals surface area contributed by atoms with Crippen LogP contribution in [0.4, 0.5) is 4.39 Å². The summed E-state index contributed by atoms with van der Waals surface area (Å²) in [6, 6.07) is 22.2. The Bertz CT molecular complexity index is 1280. The summed E-state index contributed by atoms with van der Waals surface area (Å²) in [5.41, 5.74) is 2.66. The van der Waals surface area contributed by atoms with Crippen molar-refractivity contribution in [3.05, 3.63) is 107 Å². The molecule has 1 amide bonds. The maximum absolute atomic E-state index is 13.4. The van der Waals surface area contributed by atoms with Crippen molar-refractivity contribution in [1.29, 1.82) is 0 Å². The molecule has 0 radical (unpaired) electrons. The second-order valence-electron chi connectivity index (χ2n) is 7.90. The van der Waals surface area contributed by atoms with Gasteiger partial charge in [0.1, 0.15) is 11.6 Å². The van der Waals surface area contributed by atoms with Gasteiger partial charge in [0.15, 0.2) is 0 Å². The van der Waals surface area contributed by atoms with Crippen LogP contribution in [0, 0.1) is 12.7 Å². The number of carbonyl (C=O) groups is 1. The number of benzene rings is 3. The molecule has 0 N–H and O–H groups in total. The fourth-order valence-electron chi connectivity index (χ4n) is 3.60. The molecule has 0 saturated carbocycles. The van der Waals surface area contributed by atoms with Crippen molar-refractivity contribution >= 4 is 17.5 Å². The van der Waals surface area contributed by atoms with Gasteiger partial charge in [-0.15, -0.1) is 0 Å². The number of rotatable bonds is 9. The van der Waals surface area contributed by atoms with Crippen molar-refractivity contribution in [2.24, 2.45) is 0 Å². The second-order valence-corrected chi connectivity index (χ2v) is 8.34. The Labute approximate surface area is 208 Å². The van der Waals surface area contributed by atoms with Crippen LogP contribution in [0.5, 0.6) is 11.6 Å². The zero-order valence-electron chi connectivity index (χ0n) is 19.4. The Morgan fingerprint density at radius 3 is 2.37 bits per heavy atom. The Morgan fingerprint density at radius 1 is 1.03 bits per heavy atom. The van der Waals surface area contributed by atoms with Crippen LogP contribution in [-0.2, 0) is 11.3 Å². The van der Waals surface area contributed by atoms with E-state index in [1.54, 1.807) is 41.0 Å². The van der Waals surface area contributed by atoms with Gasteiger partial charge in [0, 0.05) is 24.2 Å². The molecule has 0 bridgehead atoms. The number of halogens is 2. The lowest BCUT2D eigenvalue weighted by Gasteiger charge is -2.23. The summed E-state index contributed by atoms with van der Waals surface area (Å²) >= 11 is 6.04. The van der Waals surface area contributed by atoms with E-state index in [9.17, 15) is 9.18 Å². The highest BCUT2D eigenvalue weighted by atomic mass is 35.5. The van der Waals surface area contributed by atoms with Gasteiger partial charge >= 0.3 is 0 Å². The lowest BCUT2D eigenvalue weighted by molar-refractivity contribution is 0.0679. The van der Waals surface area contributed by atoms with Crippen LogP contribution in [0.25, 0.3) is 5.69 Å². The van der Waals surface area contributed by atoms with Crippen LogP contribution in [0.2, 0.25) is 5.02 Å². The largest absolute Gasteiger partial charge is 0.439 e. The molecule has 3 aromatic carbocycles. The lowest BCUT2D eigenvalue weighted by Crippen LogP contribution is -2.33. The summed E-state index contributed by atoms with van der Waals surface area (Å²) in [6.45, 7) is 2.77. The van der Waals surface area contributed by atoms with Crippen molar-refractivity contribution in [2.45, 2.75) is 13.5 Å². The van der Waals surface area contributed by atoms with E-state index < -0.39 is 5.82 Å². The van der Waals surface area contributed by atoms with Gasteiger partial charge in [-0.1, -0.05) is 29.8 Å². The first kappa shape index (κ1) is 24.4. The third-order valence-electron chi connectivity index (χ3n) is 5.46. The number of aromatic nitrogens is 2. The number of carbonyl (C=O) groups excluding carboxylic acids is 1. The molecule has 0 aliphatic carbocycles. The zero-order chi connectivity index (χ0) is 24.8. The van der Waals surface area contributed by atoms with E-state index in [-0.39, 0.29) is 12.5 Å². The van der Waals surface area contributed by atoms with Crippen LogP contribution < -0.4 is 4.74 Å². The highest BCUT2D eigenvalue weighted by Crippen LogP contribution is 2.32. The molecule has 0 fully saturated rings. The fraction of sp³-hybridized carbons (Fsp3) is 0.185. The molecule has 1 heterocycles.